The van der Waals surface area contributed by atoms with E-state index in [-0.39, 0.29) is 68.0 Å². The van der Waals surface area contributed by atoms with E-state index >= 15 is 0 Å². The number of aryl methyl sites for hydroxylation is 1. The van der Waals surface area contributed by atoms with Gasteiger partial charge in [-0.2, -0.15) is 13.5 Å². The maximum atomic E-state index is 13.5. The smallest absolute Gasteiger partial charge is 0.870 e. The number of anilines is 1. The number of carbonyl (C=O) groups excluding carboxylic acids is 1. The molecular formula is C26H20Cl2N3NaO6S. The maximum Gasteiger partial charge on any atom is 1.00 e. The van der Waals surface area contributed by atoms with Crippen molar-refractivity contribution < 1.29 is 57.2 Å². The zero-order valence-electron chi connectivity index (χ0n) is 21.0. The van der Waals surface area contributed by atoms with Gasteiger partial charge in [-0.3, -0.25) is 9.35 Å². The summed E-state index contributed by atoms with van der Waals surface area (Å²) in [6, 6.07) is 15.7. The van der Waals surface area contributed by atoms with Gasteiger partial charge in [0.25, 0.3) is 16.0 Å². The van der Waals surface area contributed by atoms with E-state index in [1.807, 2.05) is 0 Å². The van der Waals surface area contributed by atoms with Crippen molar-refractivity contribution in [1.82, 2.24) is 0 Å². The normalized spacial score (nSPS) is 11.4. The summed E-state index contributed by atoms with van der Waals surface area (Å²) in [6.07, 6.45) is 0.417. The summed E-state index contributed by atoms with van der Waals surface area (Å²) in [7, 11) is -3.24. The Labute approximate surface area is 256 Å². The van der Waals surface area contributed by atoms with Crippen LogP contribution in [0.1, 0.15) is 22.8 Å². The minimum absolute atomic E-state index is 0. The van der Waals surface area contributed by atoms with Gasteiger partial charge < -0.3 is 15.2 Å². The quantitative estimate of drug-likeness (QED) is 0.189. The Hall–Kier alpha value is -2.70. The van der Waals surface area contributed by atoms with Gasteiger partial charge in [0.05, 0.1) is 28.5 Å². The molecule has 0 unspecified atom stereocenters. The first-order valence-electron chi connectivity index (χ1n) is 11.1. The summed E-state index contributed by atoms with van der Waals surface area (Å²) in [6.45, 7) is 1.78. The number of amides is 1. The number of fused-ring (bicyclic) bond motifs is 1. The van der Waals surface area contributed by atoms with Crippen LogP contribution in [0.25, 0.3) is 10.8 Å². The third-order valence-electron chi connectivity index (χ3n) is 5.66. The fraction of sp³-hybridized carbons (Fsp3) is 0.115. The van der Waals surface area contributed by atoms with Gasteiger partial charge in [-0.1, -0.05) is 66.2 Å². The van der Waals surface area contributed by atoms with Crippen LogP contribution in [0.15, 0.2) is 75.8 Å². The molecule has 13 heteroatoms. The Bertz CT molecular complexity index is 1710. The predicted molar refractivity (Wildman–Crippen MR) is 144 cm³/mol. The van der Waals surface area contributed by atoms with Crippen molar-refractivity contribution in [1.29, 1.82) is 0 Å². The molecule has 0 aliphatic carbocycles. The third-order valence-corrected chi connectivity index (χ3v) is 7.35. The van der Waals surface area contributed by atoms with Crippen LogP contribution < -0.4 is 44.7 Å². The number of carbonyl (C=O) groups is 1. The SMILES string of the molecule is CCc1cc(N=Nc2c([O-])c(C(=O)Nc3cccc(Cl)c3OC)cc3ccccc23)c(Cl)c(S(=O)(=O)O)c1.[Na+]. The van der Waals surface area contributed by atoms with Crippen molar-refractivity contribution in [2.24, 2.45) is 10.2 Å². The van der Waals surface area contributed by atoms with Gasteiger partial charge in [-0.05, 0) is 47.7 Å². The maximum absolute atomic E-state index is 13.5. The van der Waals surface area contributed by atoms with Gasteiger partial charge in [-0.15, -0.1) is 5.11 Å². The van der Waals surface area contributed by atoms with E-state index < -0.39 is 26.7 Å². The van der Waals surface area contributed by atoms with Crippen molar-refractivity contribution in [3.63, 3.8) is 0 Å². The Balaban J connectivity index is 0.00000420. The number of halogens is 2. The summed E-state index contributed by atoms with van der Waals surface area (Å²) in [5.74, 6) is -1.21. The summed E-state index contributed by atoms with van der Waals surface area (Å²) < 4.78 is 38.4. The molecule has 196 valence electrons. The molecule has 0 heterocycles. The first-order chi connectivity index (χ1) is 18.0. The molecule has 0 aliphatic rings. The Morgan fingerprint density at radius 3 is 2.46 bits per heavy atom. The molecule has 0 fully saturated rings. The standard InChI is InChI=1S/C26H21Cl2N3O6S.Na/c1-3-14-11-20(22(28)21(12-14)38(34,35)36)30-31-23-16-8-5-4-7-15(16)13-17(24(23)32)26(33)29-19-10-6-9-18(27)25(19)37-2;/h4-13,32H,3H2,1-2H3,(H,29,33)(H,34,35,36);/q;+1/p-1. The molecule has 0 saturated carbocycles. The number of methoxy groups -OCH3 is 1. The molecule has 39 heavy (non-hydrogen) atoms. The monoisotopic (exact) mass is 595 g/mol. The van der Waals surface area contributed by atoms with Crippen molar-refractivity contribution in [3.8, 4) is 11.5 Å². The second-order valence-electron chi connectivity index (χ2n) is 8.05. The van der Waals surface area contributed by atoms with E-state index in [1.54, 1.807) is 49.4 Å². The van der Waals surface area contributed by atoms with Crippen LogP contribution in [0.2, 0.25) is 10.0 Å². The van der Waals surface area contributed by atoms with E-state index in [0.717, 1.165) is 0 Å². The van der Waals surface area contributed by atoms with Gasteiger partial charge in [0.1, 0.15) is 10.6 Å². The topological polar surface area (TPSA) is 140 Å². The summed E-state index contributed by atoms with van der Waals surface area (Å²) in [5.41, 5.74) is 0.346. The van der Waals surface area contributed by atoms with E-state index in [2.05, 4.69) is 15.5 Å². The van der Waals surface area contributed by atoms with Gasteiger partial charge in [0.2, 0.25) is 0 Å². The molecule has 9 nitrogen and oxygen atoms in total. The van der Waals surface area contributed by atoms with E-state index in [9.17, 15) is 22.9 Å². The second kappa shape index (κ2) is 12.6. The number of hydrogen-bond acceptors (Lipinski definition) is 7. The second-order valence-corrected chi connectivity index (χ2v) is 10.2. The molecule has 0 spiro atoms. The number of rotatable bonds is 7. The van der Waals surface area contributed by atoms with Crippen molar-refractivity contribution in [2.75, 3.05) is 12.4 Å². The number of nitrogens with one attached hydrogen (secondary N) is 1. The van der Waals surface area contributed by atoms with Crippen LogP contribution in [0.3, 0.4) is 0 Å². The van der Waals surface area contributed by atoms with E-state index in [1.165, 1.54) is 25.3 Å². The first-order valence-corrected chi connectivity index (χ1v) is 13.3. The zero-order chi connectivity index (χ0) is 27.6. The third kappa shape index (κ3) is 6.55. The summed E-state index contributed by atoms with van der Waals surface area (Å²) in [4.78, 5) is 12.7. The molecule has 0 aliphatic heterocycles. The molecular weight excluding hydrogens is 576 g/mol. The molecule has 2 N–H and O–H groups in total. The Morgan fingerprint density at radius 1 is 1.08 bits per heavy atom. The molecule has 4 aromatic carbocycles. The molecule has 4 rings (SSSR count). The van der Waals surface area contributed by atoms with Crippen LogP contribution in [-0.4, -0.2) is 26.0 Å². The van der Waals surface area contributed by atoms with Crippen LogP contribution in [0.4, 0.5) is 17.1 Å². The van der Waals surface area contributed by atoms with Crippen LogP contribution >= 0.6 is 23.2 Å². The fourth-order valence-electron chi connectivity index (χ4n) is 3.79. The van der Waals surface area contributed by atoms with Gasteiger partial charge in [-0.25, -0.2) is 0 Å². The zero-order valence-corrected chi connectivity index (χ0v) is 25.4. The fourth-order valence-corrected chi connectivity index (χ4v) is 5.11. The number of ether oxygens (including phenoxy) is 1. The molecule has 0 radical (unpaired) electrons. The van der Waals surface area contributed by atoms with Crippen LogP contribution in [0.5, 0.6) is 11.5 Å². The molecule has 0 atom stereocenters. The molecule has 4 aromatic rings. The average Bonchev–Trinajstić information content (AvgIpc) is 2.88. The van der Waals surface area contributed by atoms with Gasteiger partial charge >= 0.3 is 29.6 Å². The average molecular weight is 596 g/mol. The van der Waals surface area contributed by atoms with E-state index in [0.29, 0.717) is 22.8 Å². The van der Waals surface area contributed by atoms with Gasteiger partial charge in [0, 0.05) is 10.9 Å². The van der Waals surface area contributed by atoms with Crippen LogP contribution in [0, 0.1) is 0 Å². The van der Waals surface area contributed by atoms with E-state index in [4.69, 9.17) is 27.9 Å². The summed E-state index contributed by atoms with van der Waals surface area (Å²) in [5, 5.41) is 25.1. The van der Waals surface area contributed by atoms with Crippen molar-refractivity contribution in [3.05, 3.63) is 81.8 Å². The van der Waals surface area contributed by atoms with Gasteiger partial charge in [0.15, 0.2) is 5.75 Å². The number of azo groups is 1. The van der Waals surface area contributed by atoms with Crippen LogP contribution in [-0.2, 0) is 16.5 Å². The predicted octanol–water partition coefficient (Wildman–Crippen LogP) is 3.71. The number of benzene rings is 4. The molecule has 0 aromatic heterocycles. The van der Waals surface area contributed by atoms with Crippen molar-refractivity contribution >= 4 is 67.1 Å². The first kappa shape index (κ1) is 30.8. The minimum atomic E-state index is -4.64. The molecule has 1 amide bonds. The number of nitrogens with zero attached hydrogens (tertiary/aromatic N) is 2. The molecule has 0 saturated heterocycles. The number of para-hydroxylation sites is 1. The van der Waals surface area contributed by atoms with Crippen molar-refractivity contribution in [2.45, 2.75) is 18.2 Å². The largest absolute Gasteiger partial charge is 1.00 e. The Kier molecular flexibility index (Phi) is 10.0. The summed E-state index contributed by atoms with van der Waals surface area (Å²) >= 11 is 12.3. The Morgan fingerprint density at radius 2 is 1.79 bits per heavy atom. The number of hydrogen-bond donors (Lipinski definition) is 2. The molecule has 0 bridgehead atoms. The minimum Gasteiger partial charge on any atom is -0.870 e.